The molecule has 0 amide bonds. The molecule has 0 aliphatic heterocycles. The largest absolute Gasteiger partial charge is 1.00 e. The number of rotatable bonds is 1. The maximum atomic E-state index is 12.3. The Morgan fingerprint density at radius 3 is 1.83 bits per heavy atom. The number of hydrogen-bond donors (Lipinski definition) is 0. The molecule has 10 heteroatoms. The Bertz CT molecular complexity index is 456. The molecule has 0 N–H and O–H groups in total. The maximum absolute atomic E-state index is 12.3. The molecule has 1 unspecified atom stereocenters. The fourth-order valence-electron chi connectivity index (χ4n) is 1.07. The first-order valence-electron chi connectivity index (χ1n) is 3.91. The first-order chi connectivity index (χ1) is 7.53. The molecule has 0 aliphatic rings. The second-order valence-electron chi connectivity index (χ2n) is 2.94. The Morgan fingerprint density at radius 2 is 1.50 bits per heavy atom. The number of benzene rings is 1. The van der Waals surface area contributed by atoms with E-state index in [2.05, 4.69) is 0 Å². The van der Waals surface area contributed by atoms with Gasteiger partial charge in [-0.2, -0.15) is 26.3 Å². The molecule has 0 radical (unpaired) electrons. The molecule has 1 aromatic rings. The van der Waals surface area contributed by atoms with Crippen molar-refractivity contribution in [3.05, 3.63) is 29.3 Å². The zero-order chi connectivity index (χ0) is 13.4. The van der Waals surface area contributed by atoms with Crippen molar-refractivity contribution in [3.8, 4) is 0 Å². The molecular weight excluding hydrogens is 297 g/mol. The molecule has 0 heterocycles. The Kier molecular flexibility index (Phi) is 5.88. The van der Waals surface area contributed by atoms with E-state index in [0.29, 0.717) is 0 Å². The van der Waals surface area contributed by atoms with Crippen LogP contribution in [0.3, 0.4) is 0 Å². The van der Waals surface area contributed by atoms with Gasteiger partial charge in [0.2, 0.25) is 0 Å². The Morgan fingerprint density at radius 1 is 1.00 bits per heavy atom. The van der Waals surface area contributed by atoms with Crippen LogP contribution in [0, 0.1) is 0 Å². The first kappa shape index (κ1) is 17.9. The van der Waals surface area contributed by atoms with Crippen molar-refractivity contribution in [1.82, 2.24) is 0 Å². The zero-order valence-corrected chi connectivity index (χ0v) is 11.5. The Balaban J connectivity index is 0.00000289. The maximum Gasteiger partial charge on any atom is 1.00 e. The minimum absolute atomic E-state index is 0. The van der Waals surface area contributed by atoms with E-state index in [1.807, 2.05) is 0 Å². The average Bonchev–Trinajstić information content (AvgIpc) is 2.14. The van der Waals surface area contributed by atoms with E-state index < -0.39 is 39.5 Å². The molecule has 0 saturated heterocycles. The van der Waals surface area contributed by atoms with E-state index in [-0.39, 0.29) is 47.8 Å². The van der Waals surface area contributed by atoms with Gasteiger partial charge < -0.3 is 4.55 Å². The van der Waals surface area contributed by atoms with Gasteiger partial charge in [0.15, 0.2) is 0 Å². The molecule has 0 aliphatic carbocycles. The van der Waals surface area contributed by atoms with E-state index in [1.54, 1.807) is 0 Å². The van der Waals surface area contributed by atoms with Crippen LogP contribution in [0.1, 0.15) is 11.1 Å². The molecule has 2 nitrogen and oxygen atoms in total. The number of halogens is 6. The molecule has 0 fully saturated rings. The van der Waals surface area contributed by atoms with Gasteiger partial charge in [-0.15, -0.1) is 0 Å². The van der Waals surface area contributed by atoms with Crippen molar-refractivity contribution < 1.29 is 64.7 Å². The quantitative estimate of drug-likeness (QED) is 0.415. The number of alkyl halides is 6. The summed E-state index contributed by atoms with van der Waals surface area (Å²) in [5.74, 6) is 0. The second-order valence-corrected chi connectivity index (χ2v) is 3.85. The van der Waals surface area contributed by atoms with Gasteiger partial charge in [0, 0.05) is 4.90 Å². The minimum atomic E-state index is -5.03. The molecule has 18 heavy (non-hydrogen) atoms. The van der Waals surface area contributed by atoms with Crippen LogP contribution in [0.25, 0.3) is 0 Å². The topological polar surface area (TPSA) is 40.1 Å². The summed E-state index contributed by atoms with van der Waals surface area (Å²) < 4.78 is 94.3. The van der Waals surface area contributed by atoms with Crippen molar-refractivity contribution in [1.29, 1.82) is 0 Å². The summed E-state index contributed by atoms with van der Waals surface area (Å²) in [4.78, 5) is -1.42. The smallest absolute Gasteiger partial charge is 0.768 e. The van der Waals surface area contributed by atoms with Gasteiger partial charge >= 0.3 is 41.9 Å². The molecule has 1 atom stereocenters. The van der Waals surface area contributed by atoms with E-state index in [0.717, 1.165) is 0 Å². The van der Waals surface area contributed by atoms with Gasteiger partial charge in [-0.1, -0.05) is 0 Å². The average molecular weight is 300 g/mol. The van der Waals surface area contributed by atoms with Crippen LogP contribution in [0.15, 0.2) is 23.1 Å². The molecule has 1 aromatic carbocycles. The van der Waals surface area contributed by atoms with Crippen molar-refractivity contribution in [2.24, 2.45) is 0 Å². The van der Waals surface area contributed by atoms with Gasteiger partial charge in [0.05, 0.1) is 11.1 Å². The summed E-state index contributed by atoms with van der Waals surface area (Å²) in [5, 5.41) is 0. The summed E-state index contributed by atoms with van der Waals surface area (Å²) in [7, 11) is 0. The van der Waals surface area contributed by atoms with Crippen LogP contribution < -0.4 is 29.6 Å². The van der Waals surface area contributed by atoms with Crippen LogP contribution in [-0.4, -0.2) is 8.76 Å². The van der Waals surface area contributed by atoms with E-state index >= 15 is 0 Å². The molecule has 96 valence electrons. The molecule has 1 rings (SSSR count). The van der Waals surface area contributed by atoms with Crippen molar-refractivity contribution in [3.63, 3.8) is 0 Å². The van der Waals surface area contributed by atoms with E-state index in [9.17, 15) is 35.1 Å². The van der Waals surface area contributed by atoms with Crippen molar-refractivity contribution in [2.45, 2.75) is 17.2 Å². The third kappa shape index (κ3) is 4.23. The van der Waals surface area contributed by atoms with Gasteiger partial charge in [-0.3, -0.25) is 4.21 Å². The van der Waals surface area contributed by atoms with Crippen LogP contribution in [0.5, 0.6) is 0 Å². The van der Waals surface area contributed by atoms with Gasteiger partial charge in [-0.25, -0.2) is 0 Å². The van der Waals surface area contributed by atoms with Crippen LogP contribution in [-0.2, 0) is 23.4 Å². The van der Waals surface area contributed by atoms with E-state index in [4.69, 9.17) is 0 Å². The van der Waals surface area contributed by atoms with Crippen LogP contribution >= 0.6 is 0 Å². The number of hydrogen-bond acceptors (Lipinski definition) is 2. The van der Waals surface area contributed by atoms with E-state index in [1.165, 1.54) is 0 Å². The fourth-order valence-corrected chi connectivity index (χ4v) is 1.66. The first-order valence-corrected chi connectivity index (χ1v) is 4.98. The summed E-state index contributed by atoms with van der Waals surface area (Å²) >= 11 is -3.40. The van der Waals surface area contributed by atoms with Crippen LogP contribution in [0.2, 0.25) is 0 Å². The standard InChI is InChI=1S/C8H4F6O2S.Na/c9-7(10,11)4-1-2-5(8(12,13)14)6(3-4)17(15)16;/h1-3H,(H,15,16);/q;+1/p-1. The van der Waals surface area contributed by atoms with Gasteiger partial charge in [-0.05, 0) is 29.3 Å². The monoisotopic (exact) mass is 300 g/mol. The van der Waals surface area contributed by atoms with Crippen LogP contribution in [0.4, 0.5) is 26.3 Å². The summed E-state index contributed by atoms with van der Waals surface area (Å²) in [6.07, 6.45) is -9.93. The predicted molar refractivity (Wildman–Crippen MR) is 43.6 cm³/mol. The zero-order valence-electron chi connectivity index (χ0n) is 8.72. The molecule has 0 saturated carbocycles. The van der Waals surface area contributed by atoms with Gasteiger partial charge in [0.1, 0.15) is 0 Å². The Hall–Kier alpha value is -0.0900. The van der Waals surface area contributed by atoms with Gasteiger partial charge in [0.25, 0.3) is 0 Å². The second kappa shape index (κ2) is 5.91. The fraction of sp³-hybridized carbons (Fsp3) is 0.250. The summed E-state index contributed by atoms with van der Waals surface area (Å²) in [6, 6.07) is 0.221. The normalized spacial score (nSPS) is 13.9. The molecule has 0 spiro atoms. The van der Waals surface area contributed by atoms with Crippen molar-refractivity contribution >= 4 is 11.1 Å². The summed E-state index contributed by atoms with van der Waals surface area (Å²) in [6.45, 7) is 0. The molecular formula is C8H3F6NaO2S. The summed E-state index contributed by atoms with van der Waals surface area (Å²) in [5.41, 5.74) is -3.08. The third-order valence-corrected chi connectivity index (χ3v) is 2.49. The Labute approximate surface area is 122 Å². The van der Waals surface area contributed by atoms with Crippen molar-refractivity contribution in [2.75, 3.05) is 0 Å². The molecule has 0 bridgehead atoms. The molecule has 0 aromatic heterocycles. The predicted octanol–water partition coefficient (Wildman–Crippen LogP) is -0.0338. The SMILES string of the molecule is O=S([O-])c1cc(C(F)(F)F)ccc1C(F)(F)F.[Na+]. The minimum Gasteiger partial charge on any atom is -0.768 e. The third-order valence-electron chi connectivity index (χ3n) is 1.79.